The first-order chi connectivity index (χ1) is 14.3. The van der Waals surface area contributed by atoms with Crippen LogP contribution in [0.25, 0.3) is 0 Å². The minimum atomic E-state index is -0.531. The second-order valence-electron chi connectivity index (χ2n) is 7.39. The maximum Gasteiger partial charge on any atom is 0.319 e. The maximum atomic E-state index is 12.7. The third-order valence-corrected chi connectivity index (χ3v) is 5.29. The van der Waals surface area contributed by atoms with Crippen molar-refractivity contribution in [1.29, 1.82) is 0 Å². The minimum absolute atomic E-state index is 0.145. The molecule has 4 N–H and O–H groups in total. The molecule has 1 aliphatic heterocycles. The van der Waals surface area contributed by atoms with Crippen molar-refractivity contribution < 1.29 is 9.59 Å². The fourth-order valence-electron chi connectivity index (χ4n) is 3.34. The van der Waals surface area contributed by atoms with E-state index in [4.69, 9.17) is 23.2 Å². The number of carbonyl (C=O) groups excluding carboxylic acids is 2. The summed E-state index contributed by atoms with van der Waals surface area (Å²) < 4.78 is 0. The lowest BCUT2D eigenvalue weighted by Crippen LogP contribution is -2.47. The number of nitrogens with one attached hydrogen (secondary N) is 4. The van der Waals surface area contributed by atoms with Gasteiger partial charge in [-0.2, -0.15) is 0 Å². The van der Waals surface area contributed by atoms with Crippen LogP contribution in [-0.2, 0) is 4.79 Å². The molecule has 160 valence electrons. The van der Waals surface area contributed by atoms with Crippen molar-refractivity contribution in [2.24, 2.45) is 0 Å². The molecule has 0 bridgehead atoms. The molecule has 7 nitrogen and oxygen atoms in total. The molecule has 30 heavy (non-hydrogen) atoms. The Labute approximate surface area is 186 Å². The summed E-state index contributed by atoms with van der Waals surface area (Å²) in [6, 6.07) is 11.1. The number of likely N-dealkylation sites (N-methyl/N-ethyl adjacent to an activating group) is 1. The normalized spacial score (nSPS) is 17.6. The molecule has 0 unspecified atom stereocenters. The topological polar surface area (TPSA) is 85.5 Å². The summed E-state index contributed by atoms with van der Waals surface area (Å²) in [7, 11) is 3.88. The molecule has 0 radical (unpaired) electrons. The van der Waals surface area contributed by atoms with E-state index in [1.54, 1.807) is 24.3 Å². The van der Waals surface area contributed by atoms with Crippen molar-refractivity contribution >= 4 is 46.5 Å². The first-order valence-corrected chi connectivity index (χ1v) is 10.4. The molecule has 0 fully saturated rings. The molecule has 0 saturated heterocycles. The Morgan fingerprint density at radius 1 is 1.17 bits per heavy atom. The van der Waals surface area contributed by atoms with Crippen molar-refractivity contribution in [1.82, 2.24) is 15.5 Å². The first kappa shape index (κ1) is 22.2. The summed E-state index contributed by atoms with van der Waals surface area (Å²) in [5.41, 5.74) is 2.02. The average Bonchev–Trinajstić information content (AvgIpc) is 2.67. The van der Waals surface area contributed by atoms with E-state index in [0.717, 1.165) is 6.54 Å². The third kappa shape index (κ3) is 5.78. The van der Waals surface area contributed by atoms with Crippen LogP contribution >= 0.6 is 23.2 Å². The highest BCUT2D eigenvalue weighted by atomic mass is 35.5. The number of carbonyl (C=O) groups is 2. The maximum absolute atomic E-state index is 12.7. The van der Waals surface area contributed by atoms with E-state index >= 15 is 0 Å². The highest BCUT2D eigenvalue weighted by Gasteiger charge is 2.33. The molecule has 2 aromatic carbocycles. The van der Waals surface area contributed by atoms with Crippen LogP contribution in [0.2, 0.25) is 10.0 Å². The molecule has 3 amide bonds. The number of anilines is 2. The molecule has 9 heteroatoms. The van der Waals surface area contributed by atoms with Crippen LogP contribution in [-0.4, -0.2) is 50.1 Å². The quantitative estimate of drug-likeness (QED) is 0.541. The van der Waals surface area contributed by atoms with E-state index in [1.807, 2.05) is 37.2 Å². The number of benzene rings is 2. The lowest BCUT2D eigenvalue weighted by molar-refractivity contribution is -0.122. The molecule has 0 saturated carbocycles. The summed E-state index contributed by atoms with van der Waals surface area (Å²) in [6.45, 7) is 1.26. The number of urea groups is 1. The monoisotopic (exact) mass is 449 g/mol. The van der Waals surface area contributed by atoms with Crippen molar-refractivity contribution in [3.8, 4) is 0 Å². The number of fused-ring (bicyclic) bond motifs is 1. The zero-order valence-electron chi connectivity index (χ0n) is 16.8. The van der Waals surface area contributed by atoms with Crippen LogP contribution in [0, 0.1) is 0 Å². The molecule has 3 rings (SSSR count). The zero-order valence-corrected chi connectivity index (χ0v) is 18.3. The Balaban J connectivity index is 1.76. The van der Waals surface area contributed by atoms with Crippen molar-refractivity contribution in [2.45, 2.75) is 18.5 Å². The van der Waals surface area contributed by atoms with Crippen molar-refractivity contribution in [2.75, 3.05) is 37.8 Å². The zero-order chi connectivity index (χ0) is 21.7. The predicted molar refractivity (Wildman–Crippen MR) is 121 cm³/mol. The number of nitrogens with zero attached hydrogens (tertiary/aromatic N) is 1. The lowest BCUT2D eigenvalue weighted by Gasteiger charge is -2.33. The number of para-hydroxylation sites is 1. The van der Waals surface area contributed by atoms with Gasteiger partial charge < -0.3 is 26.2 Å². The highest BCUT2D eigenvalue weighted by Crippen LogP contribution is 2.39. The Kier molecular flexibility index (Phi) is 7.42. The third-order valence-electron chi connectivity index (χ3n) is 4.76. The van der Waals surface area contributed by atoms with Gasteiger partial charge in [0, 0.05) is 46.5 Å². The molecule has 0 aliphatic carbocycles. The fraction of sp³-hybridized carbons (Fsp3) is 0.333. The van der Waals surface area contributed by atoms with E-state index in [2.05, 4.69) is 21.3 Å². The average molecular weight is 450 g/mol. The van der Waals surface area contributed by atoms with Crippen LogP contribution < -0.4 is 21.3 Å². The van der Waals surface area contributed by atoms with Gasteiger partial charge in [0.2, 0.25) is 5.91 Å². The van der Waals surface area contributed by atoms with Gasteiger partial charge in [-0.25, -0.2) is 4.79 Å². The van der Waals surface area contributed by atoms with Crippen LogP contribution in [0.4, 0.5) is 16.2 Å². The van der Waals surface area contributed by atoms with Gasteiger partial charge >= 0.3 is 6.03 Å². The molecular formula is C21H25Cl2N5O2. The van der Waals surface area contributed by atoms with Crippen molar-refractivity contribution in [3.63, 3.8) is 0 Å². The SMILES string of the molecule is CN(C)CCNC(=O)[C@@H]1C[C@@H](NC(=O)Nc2ccccc2)c2c(Cl)cc(Cl)cc2N1. The van der Waals surface area contributed by atoms with Crippen LogP contribution in [0.1, 0.15) is 18.0 Å². The Morgan fingerprint density at radius 3 is 2.60 bits per heavy atom. The van der Waals surface area contributed by atoms with Gasteiger partial charge in [0.1, 0.15) is 6.04 Å². The second kappa shape index (κ2) is 10.0. The molecule has 1 aliphatic rings. The van der Waals surface area contributed by atoms with Crippen LogP contribution in [0.5, 0.6) is 0 Å². The van der Waals surface area contributed by atoms with E-state index in [1.165, 1.54) is 0 Å². The predicted octanol–water partition coefficient (Wildman–Crippen LogP) is 3.72. The lowest BCUT2D eigenvalue weighted by atomic mass is 9.92. The largest absolute Gasteiger partial charge is 0.373 e. The van der Waals surface area contributed by atoms with Gasteiger partial charge in [0.25, 0.3) is 0 Å². The summed E-state index contributed by atoms with van der Waals surface area (Å²) in [6.07, 6.45) is 0.352. The number of amides is 3. The van der Waals surface area contributed by atoms with Gasteiger partial charge in [-0.3, -0.25) is 4.79 Å². The van der Waals surface area contributed by atoms with Crippen LogP contribution in [0.3, 0.4) is 0 Å². The van der Waals surface area contributed by atoms with Crippen molar-refractivity contribution in [3.05, 3.63) is 58.1 Å². The number of hydrogen-bond acceptors (Lipinski definition) is 4. The van der Waals surface area contributed by atoms with E-state index in [9.17, 15) is 9.59 Å². The molecule has 2 atom stereocenters. The number of hydrogen-bond donors (Lipinski definition) is 4. The molecule has 0 aromatic heterocycles. The number of rotatable bonds is 6. The fourth-order valence-corrected chi connectivity index (χ4v) is 3.96. The second-order valence-corrected chi connectivity index (χ2v) is 8.24. The standard InChI is InChI=1S/C21H25Cl2N5O2/c1-28(2)9-8-24-20(29)18-12-17(19-15(23)10-13(22)11-16(19)26-18)27-21(30)25-14-6-4-3-5-7-14/h3-7,10-11,17-18,26H,8-9,12H2,1-2H3,(H,24,29)(H2,25,27,30)/t17-,18+/m1/s1. The number of halogens is 2. The van der Waals surface area contributed by atoms with Gasteiger partial charge in [-0.1, -0.05) is 41.4 Å². The summed E-state index contributed by atoms with van der Waals surface area (Å²) in [4.78, 5) is 27.3. The van der Waals surface area contributed by atoms with Crippen LogP contribution in [0.15, 0.2) is 42.5 Å². The smallest absolute Gasteiger partial charge is 0.319 e. The Morgan fingerprint density at radius 2 is 1.90 bits per heavy atom. The van der Waals surface area contributed by atoms with Gasteiger partial charge in [0.15, 0.2) is 0 Å². The summed E-state index contributed by atoms with van der Waals surface area (Å²) in [5, 5.41) is 12.7. The summed E-state index contributed by atoms with van der Waals surface area (Å²) in [5.74, 6) is -0.145. The van der Waals surface area contributed by atoms with E-state index in [-0.39, 0.29) is 11.9 Å². The molecule has 0 spiro atoms. The Bertz CT molecular complexity index is 908. The van der Waals surface area contributed by atoms with Gasteiger partial charge in [0.05, 0.1) is 6.04 Å². The minimum Gasteiger partial charge on any atom is -0.373 e. The first-order valence-electron chi connectivity index (χ1n) is 9.64. The Hall–Kier alpha value is -2.48. The van der Waals surface area contributed by atoms with Gasteiger partial charge in [-0.05, 0) is 38.4 Å². The molecule has 2 aromatic rings. The highest BCUT2D eigenvalue weighted by molar-refractivity contribution is 6.35. The van der Waals surface area contributed by atoms with Gasteiger partial charge in [-0.15, -0.1) is 0 Å². The van der Waals surface area contributed by atoms with E-state index in [0.29, 0.717) is 39.9 Å². The van der Waals surface area contributed by atoms with E-state index < -0.39 is 12.1 Å². The summed E-state index contributed by atoms with van der Waals surface area (Å²) >= 11 is 12.6. The molecular weight excluding hydrogens is 425 g/mol. The molecule has 1 heterocycles.